The predicted octanol–water partition coefficient (Wildman–Crippen LogP) is 4.35. The molecule has 3 aromatic rings. The molecule has 3 nitrogen and oxygen atoms in total. The van der Waals surface area contributed by atoms with Crippen LogP contribution in [0.15, 0.2) is 59.0 Å². The lowest BCUT2D eigenvalue weighted by molar-refractivity contribution is -0.124. The van der Waals surface area contributed by atoms with Gasteiger partial charge in [-0.3, -0.25) is 4.79 Å². The zero-order valence-corrected chi connectivity index (χ0v) is 14.1. The highest BCUT2D eigenvalue weighted by Gasteiger charge is 2.51. The molecule has 0 aliphatic heterocycles. The van der Waals surface area contributed by atoms with E-state index in [0.29, 0.717) is 6.42 Å². The summed E-state index contributed by atoms with van der Waals surface area (Å²) in [5.41, 5.74) is 1.26. The van der Waals surface area contributed by atoms with E-state index in [1.807, 2.05) is 37.3 Å². The van der Waals surface area contributed by atoms with Crippen LogP contribution in [0.5, 0.6) is 0 Å². The first-order valence-electron chi connectivity index (χ1n) is 8.61. The third kappa shape index (κ3) is 3.04. The first-order valence-corrected chi connectivity index (χ1v) is 8.61. The number of fused-ring (bicyclic) bond motifs is 1. The highest BCUT2D eigenvalue weighted by Crippen LogP contribution is 2.48. The lowest BCUT2D eigenvalue weighted by Crippen LogP contribution is -2.41. The van der Waals surface area contributed by atoms with Crippen molar-refractivity contribution in [3.63, 3.8) is 0 Å². The van der Waals surface area contributed by atoms with Crippen LogP contribution in [-0.4, -0.2) is 11.9 Å². The van der Waals surface area contributed by atoms with Gasteiger partial charge in [0.15, 0.2) is 0 Å². The van der Waals surface area contributed by atoms with E-state index in [9.17, 15) is 9.18 Å². The maximum Gasteiger partial charge on any atom is 0.230 e. The SMILES string of the molecule is CC(Cc1cc2ccccc2o1)NC(=O)C1(c2ccc(F)cc2)CC1. The largest absolute Gasteiger partial charge is 0.461 e. The van der Waals surface area contributed by atoms with Crippen LogP contribution < -0.4 is 5.32 Å². The summed E-state index contributed by atoms with van der Waals surface area (Å²) in [4.78, 5) is 12.7. The number of para-hydroxylation sites is 1. The van der Waals surface area contributed by atoms with E-state index < -0.39 is 5.41 Å². The van der Waals surface area contributed by atoms with E-state index in [-0.39, 0.29) is 17.8 Å². The highest BCUT2D eigenvalue weighted by molar-refractivity contribution is 5.91. The molecule has 1 aliphatic rings. The van der Waals surface area contributed by atoms with E-state index in [4.69, 9.17) is 4.42 Å². The lowest BCUT2D eigenvalue weighted by Gasteiger charge is -2.19. The van der Waals surface area contributed by atoms with Crippen LogP contribution in [0.25, 0.3) is 11.0 Å². The Balaban J connectivity index is 1.44. The number of amides is 1. The molecular formula is C21H20FNO2. The van der Waals surface area contributed by atoms with E-state index in [0.717, 1.165) is 35.1 Å². The summed E-state index contributed by atoms with van der Waals surface area (Å²) in [5, 5.41) is 4.17. The van der Waals surface area contributed by atoms with Crippen molar-refractivity contribution < 1.29 is 13.6 Å². The van der Waals surface area contributed by atoms with Gasteiger partial charge in [0.1, 0.15) is 17.2 Å². The van der Waals surface area contributed by atoms with E-state index >= 15 is 0 Å². The van der Waals surface area contributed by atoms with Crippen LogP contribution in [0, 0.1) is 5.82 Å². The summed E-state index contributed by atoms with van der Waals surface area (Å²) >= 11 is 0. The van der Waals surface area contributed by atoms with E-state index in [1.54, 1.807) is 12.1 Å². The van der Waals surface area contributed by atoms with Crippen LogP contribution >= 0.6 is 0 Å². The van der Waals surface area contributed by atoms with Crippen molar-refractivity contribution >= 4 is 16.9 Å². The molecule has 1 N–H and O–H groups in total. The molecule has 1 atom stereocenters. The Bertz CT molecular complexity index is 876. The smallest absolute Gasteiger partial charge is 0.230 e. The van der Waals surface area contributed by atoms with Crippen molar-refractivity contribution in [2.75, 3.05) is 0 Å². The third-order valence-electron chi connectivity index (χ3n) is 4.94. The number of halogens is 1. The maximum atomic E-state index is 13.1. The monoisotopic (exact) mass is 337 g/mol. The summed E-state index contributed by atoms with van der Waals surface area (Å²) < 4.78 is 19.0. The number of benzene rings is 2. The van der Waals surface area contributed by atoms with E-state index in [1.165, 1.54) is 12.1 Å². The van der Waals surface area contributed by atoms with Gasteiger partial charge in [0.25, 0.3) is 0 Å². The normalized spacial score (nSPS) is 16.6. The van der Waals surface area contributed by atoms with Crippen LogP contribution in [-0.2, 0) is 16.6 Å². The van der Waals surface area contributed by atoms with Gasteiger partial charge in [-0.2, -0.15) is 0 Å². The molecule has 1 aromatic heterocycles. The Kier molecular flexibility index (Phi) is 3.83. The summed E-state index contributed by atoms with van der Waals surface area (Å²) in [6, 6.07) is 16.1. The van der Waals surface area contributed by atoms with Gasteiger partial charge in [0.2, 0.25) is 5.91 Å². The second-order valence-corrected chi connectivity index (χ2v) is 6.92. The summed E-state index contributed by atoms with van der Waals surface area (Å²) in [6.45, 7) is 1.98. The molecule has 0 bridgehead atoms. The zero-order valence-electron chi connectivity index (χ0n) is 14.1. The molecule has 128 valence electrons. The van der Waals surface area contributed by atoms with Crippen molar-refractivity contribution in [2.24, 2.45) is 0 Å². The van der Waals surface area contributed by atoms with Gasteiger partial charge >= 0.3 is 0 Å². The fourth-order valence-electron chi connectivity index (χ4n) is 3.39. The van der Waals surface area contributed by atoms with Crippen molar-refractivity contribution in [3.05, 3.63) is 71.7 Å². The van der Waals surface area contributed by atoms with Gasteiger partial charge in [-0.1, -0.05) is 30.3 Å². The minimum Gasteiger partial charge on any atom is -0.461 e. The van der Waals surface area contributed by atoms with Crippen molar-refractivity contribution in [1.82, 2.24) is 5.32 Å². The average molecular weight is 337 g/mol. The Morgan fingerprint density at radius 2 is 1.92 bits per heavy atom. The molecule has 1 unspecified atom stereocenters. The lowest BCUT2D eigenvalue weighted by atomic mass is 9.94. The molecule has 0 spiro atoms. The standard InChI is InChI=1S/C21H20FNO2/c1-14(12-18-13-15-4-2-3-5-19(15)25-18)23-20(24)21(10-11-21)16-6-8-17(22)9-7-16/h2-9,13-14H,10-12H2,1H3,(H,23,24). The fourth-order valence-corrected chi connectivity index (χ4v) is 3.39. The van der Waals surface area contributed by atoms with Gasteiger partial charge in [-0.05, 0) is 49.6 Å². The number of nitrogens with one attached hydrogen (secondary N) is 1. The van der Waals surface area contributed by atoms with Crippen LogP contribution in [0.3, 0.4) is 0 Å². The summed E-state index contributed by atoms with van der Waals surface area (Å²) in [7, 11) is 0. The minimum absolute atomic E-state index is 0.0164. The zero-order chi connectivity index (χ0) is 17.4. The van der Waals surface area contributed by atoms with Crippen LogP contribution in [0.2, 0.25) is 0 Å². The average Bonchev–Trinajstić information content (AvgIpc) is 3.30. The first-order chi connectivity index (χ1) is 12.1. The number of hydrogen-bond donors (Lipinski definition) is 1. The molecule has 0 radical (unpaired) electrons. The van der Waals surface area contributed by atoms with Crippen LogP contribution in [0.4, 0.5) is 4.39 Å². The topological polar surface area (TPSA) is 42.2 Å². The number of rotatable bonds is 5. The quantitative estimate of drug-likeness (QED) is 0.752. The minimum atomic E-state index is -0.490. The first kappa shape index (κ1) is 15.9. The Morgan fingerprint density at radius 1 is 1.20 bits per heavy atom. The summed E-state index contributed by atoms with van der Waals surface area (Å²) in [6.07, 6.45) is 2.25. The molecule has 25 heavy (non-hydrogen) atoms. The summed E-state index contributed by atoms with van der Waals surface area (Å²) in [5.74, 6) is 0.599. The molecule has 1 heterocycles. The highest BCUT2D eigenvalue weighted by atomic mass is 19.1. The van der Waals surface area contributed by atoms with Crippen molar-refractivity contribution in [1.29, 1.82) is 0 Å². The molecule has 2 aromatic carbocycles. The van der Waals surface area contributed by atoms with Gasteiger partial charge < -0.3 is 9.73 Å². The van der Waals surface area contributed by atoms with Gasteiger partial charge in [0, 0.05) is 17.8 Å². The van der Waals surface area contributed by atoms with Gasteiger partial charge in [0.05, 0.1) is 5.41 Å². The number of carbonyl (C=O) groups is 1. The Hall–Kier alpha value is -2.62. The molecule has 4 heteroatoms. The third-order valence-corrected chi connectivity index (χ3v) is 4.94. The molecule has 0 saturated heterocycles. The molecular weight excluding hydrogens is 317 g/mol. The van der Waals surface area contributed by atoms with Crippen molar-refractivity contribution in [3.8, 4) is 0 Å². The molecule has 1 fully saturated rings. The Labute approximate surface area is 145 Å². The second kappa shape index (κ2) is 6.03. The second-order valence-electron chi connectivity index (χ2n) is 6.92. The van der Waals surface area contributed by atoms with Gasteiger partial charge in [-0.25, -0.2) is 4.39 Å². The van der Waals surface area contributed by atoms with Crippen molar-refractivity contribution in [2.45, 2.75) is 37.6 Å². The van der Waals surface area contributed by atoms with E-state index in [2.05, 4.69) is 5.32 Å². The predicted molar refractivity (Wildman–Crippen MR) is 94.8 cm³/mol. The number of hydrogen-bond acceptors (Lipinski definition) is 2. The Morgan fingerprint density at radius 3 is 2.60 bits per heavy atom. The molecule has 1 aliphatic carbocycles. The van der Waals surface area contributed by atoms with Crippen LogP contribution in [0.1, 0.15) is 31.1 Å². The molecule has 4 rings (SSSR count). The maximum absolute atomic E-state index is 13.1. The van der Waals surface area contributed by atoms with Gasteiger partial charge in [-0.15, -0.1) is 0 Å². The molecule has 1 saturated carbocycles. The number of carbonyl (C=O) groups excluding carboxylic acids is 1. The molecule has 1 amide bonds. The number of furan rings is 1. The fraction of sp³-hybridized carbons (Fsp3) is 0.286.